The summed E-state index contributed by atoms with van der Waals surface area (Å²) in [5.41, 5.74) is 0.0933. The molecule has 142 valence electrons. The third-order valence-corrected chi connectivity index (χ3v) is 8.58. The van der Waals surface area contributed by atoms with Crippen molar-refractivity contribution in [3.05, 3.63) is 23.8 Å². The number of carbonyl (C=O) groups is 2. The number of hydrogen-bond donors (Lipinski definition) is 1. The summed E-state index contributed by atoms with van der Waals surface area (Å²) in [4.78, 5) is 22.8. The second-order valence-corrected chi connectivity index (χ2v) is 9.53. The van der Waals surface area contributed by atoms with Gasteiger partial charge < -0.3 is 15.0 Å². The molecule has 1 N–H and O–H groups in total. The van der Waals surface area contributed by atoms with Gasteiger partial charge in [-0.2, -0.15) is 0 Å². The van der Waals surface area contributed by atoms with Crippen LogP contribution in [-0.4, -0.2) is 22.5 Å². The van der Waals surface area contributed by atoms with E-state index in [1.54, 1.807) is 0 Å². The van der Waals surface area contributed by atoms with Crippen molar-refractivity contribution in [1.82, 2.24) is 0 Å². The average molecular weight is 397 g/mol. The monoisotopic (exact) mass is 396 g/mol. The number of rotatable bonds is 3. The van der Waals surface area contributed by atoms with E-state index in [0.717, 1.165) is 25.7 Å². The van der Waals surface area contributed by atoms with Gasteiger partial charge in [-0.3, -0.25) is 4.79 Å². The maximum atomic E-state index is 11.9. The molecule has 4 nitrogen and oxygen atoms in total. The van der Waals surface area contributed by atoms with Crippen molar-refractivity contribution >= 4 is 11.8 Å². The van der Waals surface area contributed by atoms with Gasteiger partial charge in [-0.05, 0) is 85.2 Å². The van der Waals surface area contributed by atoms with Crippen molar-refractivity contribution in [2.45, 2.75) is 70.8 Å². The fourth-order valence-corrected chi connectivity index (χ4v) is 6.83. The van der Waals surface area contributed by atoms with Crippen molar-refractivity contribution in [2.75, 3.05) is 0 Å². The Kier molecular flexibility index (Phi) is 6.07. The molecule has 0 saturated heterocycles. The van der Waals surface area contributed by atoms with E-state index < -0.39 is 11.6 Å². The van der Waals surface area contributed by atoms with Crippen LogP contribution in [0.2, 0.25) is 0 Å². The molecule has 27 heavy (non-hydrogen) atoms. The molecule has 4 aliphatic rings. The maximum Gasteiger partial charge on any atom is 1.00 e. The summed E-state index contributed by atoms with van der Waals surface area (Å²) in [7, 11) is 0. The van der Waals surface area contributed by atoms with E-state index in [9.17, 15) is 19.8 Å². The Morgan fingerprint density at radius 1 is 1.22 bits per heavy atom. The van der Waals surface area contributed by atoms with Crippen molar-refractivity contribution in [2.24, 2.45) is 28.6 Å². The molecular formula is C22H29KO4. The standard InChI is InChI=1S/C22H30O4.K/c1-20-9-5-15(23)13-14(20)3-4-16-17(20)6-10-21(2)18(16)7-11-22(21,26)12-8-19(24)25;/h3-4,13,16-18,26H,5-12H2,1-2H3,(H,24,25);/q;+1/p-1. The molecule has 6 atom stereocenters. The summed E-state index contributed by atoms with van der Waals surface area (Å²) < 4.78 is 0. The molecule has 0 aromatic carbocycles. The minimum absolute atomic E-state index is 0. The van der Waals surface area contributed by atoms with Gasteiger partial charge in [0.1, 0.15) is 0 Å². The first kappa shape index (κ1) is 21.9. The van der Waals surface area contributed by atoms with Crippen LogP contribution in [0.4, 0.5) is 0 Å². The third-order valence-electron chi connectivity index (χ3n) is 8.58. The van der Waals surface area contributed by atoms with Gasteiger partial charge in [-0.25, -0.2) is 0 Å². The van der Waals surface area contributed by atoms with E-state index in [1.807, 2.05) is 6.08 Å². The molecular weight excluding hydrogens is 367 g/mol. The van der Waals surface area contributed by atoms with Gasteiger partial charge in [-0.1, -0.05) is 26.0 Å². The topological polar surface area (TPSA) is 77.4 Å². The molecule has 4 aliphatic carbocycles. The van der Waals surface area contributed by atoms with Crippen LogP contribution in [0.5, 0.6) is 0 Å². The predicted octanol–water partition coefficient (Wildman–Crippen LogP) is -0.440. The first-order valence-electron chi connectivity index (χ1n) is 10.1. The van der Waals surface area contributed by atoms with E-state index in [2.05, 4.69) is 26.0 Å². The molecule has 0 heterocycles. The smallest absolute Gasteiger partial charge is 0.550 e. The minimum atomic E-state index is -1.08. The van der Waals surface area contributed by atoms with Crippen LogP contribution in [0.3, 0.4) is 0 Å². The quantitative estimate of drug-likeness (QED) is 0.656. The van der Waals surface area contributed by atoms with Gasteiger partial charge in [0, 0.05) is 12.4 Å². The maximum absolute atomic E-state index is 11.9. The van der Waals surface area contributed by atoms with Crippen molar-refractivity contribution in [3.8, 4) is 0 Å². The Morgan fingerprint density at radius 3 is 2.63 bits per heavy atom. The summed E-state index contributed by atoms with van der Waals surface area (Å²) in [6, 6.07) is 0. The predicted molar refractivity (Wildman–Crippen MR) is 95.8 cm³/mol. The number of aliphatic hydroxyl groups is 1. The molecule has 0 radical (unpaired) electrons. The molecule has 5 heteroatoms. The summed E-state index contributed by atoms with van der Waals surface area (Å²) in [5.74, 6) is 0.444. The van der Waals surface area contributed by atoms with Gasteiger partial charge in [0.25, 0.3) is 0 Å². The summed E-state index contributed by atoms with van der Waals surface area (Å²) >= 11 is 0. The second-order valence-electron chi connectivity index (χ2n) is 9.53. The molecule has 2 fully saturated rings. The molecule has 0 aliphatic heterocycles. The molecule has 4 rings (SSSR count). The second kappa shape index (κ2) is 7.48. The first-order valence-corrected chi connectivity index (χ1v) is 10.1. The largest absolute Gasteiger partial charge is 1.00 e. The minimum Gasteiger partial charge on any atom is -0.550 e. The summed E-state index contributed by atoms with van der Waals surface area (Å²) in [6.45, 7) is 4.48. The number of ketones is 1. The number of carboxylic acid groups (broad SMARTS) is 1. The van der Waals surface area contributed by atoms with Crippen LogP contribution in [-0.2, 0) is 9.59 Å². The molecule has 0 aromatic heterocycles. The Labute approximate surface area is 204 Å². The average Bonchev–Trinajstić information content (AvgIpc) is 2.86. The van der Waals surface area contributed by atoms with E-state index in [4.69, 9.17) is 0 Å². The van der Waals surface area contributed by atoms with Crippen molar-refractivity contribution in [1.29, 1.82) is 0 Å². The van der Waals surface area contributed by atoms with E-state index in [0.29, 0.717) is 37.0 Å². The van der Waals surface area contributed by atoms with Crippen molar-refractivity contribution in [3.63, 3.8) is 0 Å². The van der Waals surface area contributed by atoms with Crippen LogP contribution < -0.4 is 56.5 Å². The molecule has 0 bridgehead atoms. The number of allylic oxidation sites excluding steroid dienone is 4. The Morgan fingerprint density at radius 2 is 1.93 bits per heavy atom. The van der Waals surface area contributed by atoms with Gasteiger partial charge in [-0.15, -0.1) is 0 Å². The zero-order valence-electron chi connectivity index (χ0n) is 16.8. The van der Waals surface area contributed by atoms with Gasteiger partial charge in [0.2, 0.25) is 0 Å². The SMILES string of the molecule is CC12CCC(=O)C=C1C=CC1C2CCC2(C)C1CCC2(O)CCC(=O)[O-].[K+]. The van der Waals surface area contributed by atoms with Crippen LogP contribution >= 0.6 is 0 Å². The molecule has 0 amide bonds. The molecule has 2 saturated carbocycles. The molecule has 0 spiro atoms. The number of carboxylic acids is 1. The van der Waals surface area contributed by atoms with Crippen LogP contribution in [0.1, 0.15) is 65.2 Å². The zero-order valence-corrected chi connectivity index (χ0v) is 19.9. The molecule has 6 unspecified atom stereocenters. The normalized spacial score (nSPS) is 45.2. The fraction of sp³-hybridized carbons (Fsp3) is 0.727. The van der Waals surface area contributed by atoms with Crippen molar-refractivity contribution < 1.29 is 71.2 Å². The van der Waals surface area contributed by atoms with E-state index >= 15 is 0 Å². The summed E-state index contributed by atoms with van der Waals surface area (Å²) in [6.07, 6.45) is 11.6. The van der Waals surface area contributed by atoms with E-state index in [-0.39, 0.29) is 74.4 Å². The third kappa shape index (κ3) is 3.30. The number of hydrogen-bond acceptors (Lipinski definition) is 4. The van der Waals surface area contributed by atoms with Crippen LogP contribution in [0, 0.1) is 28.6 Å². The van der Waals surface area contributed by atoms with Crippen LogP contribution in [0.25, 0.3) is 0 Å². The first-order chi connectivity index (χ1) is 12.2. The zero-order chi connectivity index (χ0) is 18.7. The fourth-order valence-electron chi connectivity index (χ4n) is 6.83. The van der Waals surface area contributed by atoms with Crippen LogP contribution in [0.15, 0.2) is 23.8 Å². The summed E-state index contributed by atoms with van der Waals surface area (Å²) in [5, 5.41) is 22.3. The van der Waals surface area contributed by atoms with Gasteiger partial charge in [0.05, 0.1) is 5.60 Å². The number of aliphatic carboxylic acids is 1. The Balaban J connectivity index is 0.00000210. The Bertz CT molecular complexity index is 713. The van der Waals surface area contributed by atoms with Gasteiger partial charge >= 0.3 is 51.4 Å². The van der Waals surface area contributed by atoms with E-state index in [1.165, 1.54) is 5.57 Å². The Hall–Kier alpha value is 0.216. The number of fused-ring (bicyclic) bond motifs is 5. The van der Waals surface area contributed by atoms with Gasteiger partial charge in [0.15, 0.2) is 5.78 Å². The number of carbonyl (C=O) groups excluding carboxylic acids is 2. The molecule has 0 aromatic rings.